The predicted molar refractivity (Wildman–Crippen MR) is 187 cm³/mol. The van der Waals surface area contributed by atoms with Gasteiger partial charge < -0.3 is 35.5 Å². The molecule has 3 aliphatic rings. The third-order valence-corrected chi connectivity index (χ3v) is 9.69. The van der Waals surface area contributed by atoms with Gasteiger partial charge in [-0.25, -0.2) is 0 Å². The summed E-state index contributed by atoms with van der Waals surface area (Å²) in [6, 6.07) is 5.57. The van der Waals surface area contributed by atoms with Gasteiger partial charge in [0.15, 0.2) is 29.0 Å². The molecule has 6 N–H and O–H groups in total. The second kappa shape index (κ2) is 16.4. The topological polar surface area (TPSA) is 148 Å². The van der Waals surface area contributed by atoms with E-state index in [9.17, 15) is 15.0 Å². The molecule has 48 heavy (non-hydrogen) atoms. The van der Waals surface area contributed by atoms with Crippen LogP contribution in [0.15, 0.2) is 23.2 Å². The van der Waals surface area contributed by atoms with E-state index < -0.39 is 6.10 Å². The van der Waals surface area contributed by atoms with E-state index in [4.69, 9.17) is 19.9 Å². The Morgan fingerprint density at radius 2 is 2.04 bits per heavy atom. The molecule has 5 rings (SSSR count). The highest BCUT2D eigenvalue weighted by molar-refractivity contribution is 5.79. The number of rotatable bonds is 9. The molecule has 0 spiro atoms. The monoisotopic (exact) mass is 660 g/mol. The van der Waals surface area contributed by atoms with Gasteiger partial charge in [-0.05, 0) is 74.1 Å². The second-order valence-electron chi connectivity index (χ2n) is 13.7. The number of carbonyl (C=O) groups is 1. The fraction of sp³-hybridized carbons (Fsp3) is 0.579. The van der Waals surface area contributed by atoms with Gasteiger partial charge in [0.25, 0.3) is 0 Å². The molecule has 0 radical (unpaired) electrons. The maximum absolute atomic E-state index is 13.1. The first-order valence-corrected chi connectivity index (χ1v) is 17.4. The Labute approximate surface area is 284 Å². The Bertz CT molecular complexity index is 1540. The summed E-state index contributed by atoms with van der Waals surface area (Å²) in [4.78, 5) is 17.6. The number of nitrogens with one attached hydrogen (secondary N) is 2. The highest BCUT2D eigenvalue weighted by Gasteiger charge is 2.39. The molecule has 0 aromatic heterocycles. The molecule has 10 nitrogen and oxygen atoms in total. The summed E-state index contributed by atoms with van der Waals surface area (Å²) in [6.45, 7) is 6.48. The molecular weight excluding hydrogens is 608 g/mol. The largest absolute Gasteiger partial charge is 0.504 e. The van der Waals surface area contributed by atoms with Gasteiger partial charge in [-0.1, -0.05) is 44.2 Å². The van der Waals surface area contributed by atoms with Crippen molar-refractivity contribution in [3.05, 3.63) is 46.0 Å². The molecule has 0 fully saturated rings. The molecule has 260 valence electrons. The van der Waals surface area contributed by atoms with Crippen LogP contribution in [0.4, 0.5) is 0 Å². The number of fused-ring (bicyclic) bond motifs is 2. The second-order valence-corrected chi connectivity index (χ2v) is 13.7. The van der Waals surface area contributed by atoms with Crippen LogP contribution >= 0.6 is 0 Å². The predicted octanol–water partition coefficient (Wildman–Crippen LogP) is 4.52. The number of Topliss-reactive ketones (excluding diaryl/α,β-unsaturated/α-hetero) is 1. The number of ketones is 1. The molecule has 1 aliphatic heterocycles. The Morgan fingerprint density at radius 1 is 1.21 bits per heavy atom. The van der Waals surface area contributed by atoms with E-state index in [1.807, 2.05) is 7.05 Å². The molecule has 2 aromatic carbocycles. The minimum absolute atomic E-state index is 0.000423. The maximum atomic E-state index is 13.1. The number of ether oxygens (including phenoxy) is 3. The number of aliphatic hydroxyl groups excluding tert-OH is 1. The third-order valence-electron chi connectivity index (χ3n) is 9.69. The van der Waals surface area contributed by atoms with Crippen LogP contribution in [0.1, 0.15) is 98.4 Å². The van der Waals surface area contributed by atoms with Crippen molar-refractivity contribution >= 4 is 11.7 Å². The van der Waals surface area contributed by atoms with E-state index in [0.717, 1.165) is 53.7 Å². The average Bonchev–Trinajstić information content (AvgIpc) is 3.23. The molecule has 0 saturated heterocycles. The van der Waals surface area contributed by atoms with Gasteiger partial charge in [0.2, 0.25) is 0 Å². The molecule has 1 heterocycles. The van der Waals surface area contributed by atoms with Crippen LogP contribution in [0, 0.1) is 23.7 Å². The summed E-state index contributed by atoms with van der Waals surface area (Å²) >= 11 is 0. The first kappa shape index (κ1) is 35.4. The number of guanidine groups is 1. The number of aliphatic hydroxyl groups is 1. The van der Waals surface area contributed by atoms with Crippen LogP contribution in [0.25, 0.3) is 0 Å². The van der Waals surface area contributed by atoms with Gasteiger partial charge in [0.1, 0.15) is 12.5 Å². The highest BCUT2D eigenvalue weighted by Crippen LogP contribution is 2.54. The molecule has 4 unspecified atom stereocenters. The van der Waals surface area contributed by atoms with Crippen LogP contribution in [-0.2, 0) is 17.6 Å². The molecular formula is C38H52N4O6. The van der Waals surface area contributed by atoms with Gasteiger partial charge in [-0.15, -0.1) is 0 Å². The van der Waals surface area contributed by atoms with E-state index in [1.165, 1.54) is 7.11 Å². The number of aromatic hydroxyl groups is 1. The number of aryl methyl sites for hydroxylation is 1. The minimum Gasteiger partial charge on any atom is -0.504 e. The Balaban J connectivity index is 1.56. The fourth-order valence-electron chi connectivity index (χ4n) is 7.38. The van der Waals surface area contributed by atoms with Crippen molar-refractivity contribution in [3.63, 3.8) is 0 Å². The number of methoxy groups -OCH3 is 1. The van der Waals surface area contributed by atoms with Crippen molar-refractivity contribution in [2.24, 2.45) is 22.6 Å². The fourth-order valence-corrected chi connectivity index (χ4v) is 7.38. The summed E-state index contributed by atoms with van der Waals surface area (Å²) in [5, 5.41) is 28.2. The zero-order chi connectivity index (χ0) is 34.2. The van der Waals surface area contributed by atoms with Crippen molar-refractivity contribution in [3.8, 4) is 34.8 Å². The van der Waals surface area contributed by atoms with Crippen LogP contribution in [0.3, 0.4) is 0 Å². The van der Waals surface area contributed by atoms with Gasteiger partial charge in [-0.3, -0.25) is 15.1 Å². The summed E-state index contributed by atoms with van der Waals surface area (Å²) in [5.74, 6) is 9.82. The van der Waals surface area contributed by atoms with Crippen LogP contribution < -0.4 is 30.6 Å². The molecule has 2 aromatic rings. The van der Waals surface area contributed by atoms with Gasteiger partial charge >= 0.3 is 0 Å². The van der Waals surface area contributed by atoms with E-state index in [-0.39, 0.29) is 42.1 Å². The lowest BCUT2D eigenvalue weighted by molar-refractivity contribution is -0.121. The number of aliphatic imine (C=N–C) groups is 1. The van der Waals surface area contributed by atoms with E-state index in [1.54, 1.807) is 12.1 Å². The molecule has 4 atom stereocenters. The summed E-state index contributed by atoms with van der Waals surface area (Å²) < 4.78 is 18.5. The van der Waals surface area contributed by atoms with Crippen molar-refractivity contribution < 1.29 is 29.2 Å². The Hall–Kier alpha value is -3.94. The van der Waals surface area contributed by atoms with Crippen LogP contribution in [-0.4, -0.2) is 68.6 Å². The lowest BCUT2D eigenvalue weighted by Gasteiger charge is -2.36. The lowest BCUT2D eigenvalue weighted by atomic mass is 9.76. The third kappa shape index (κ3) is 8.37. The summed E-state index contributed by atoms with van der Waals surface area (Å²) in [7, 11) is 3.34. The number of nitrogens with zero attached hydrogens (tertiary/aromatic N) is 1. The summed E-state index contributed by atoms with van der Waals surface area (Å²) in [5.41, 5.74) is 10.8. The average molecular weight is 661 g/mol. The van der Waals surface area contributed by atoms with Gasteiger partial charge in [0, 0.05) is 49.4 Å². The normalized spacial score (nSPS) is 22.6. The molecule has 10 heteroatoms. The lowest BCUT2D eigenvalue weighted by Crippen LogP contribution is -2.36. The van der Waals surface area contributed by atoms with Crippen LogP contribution in [0.2, 0.25) is 0 Å². The number of benzene rings is 2. The zero-order valence-corrected chi connectivity index (χ0v) is 28.9. The van der Waals surface area contributed by atoms with E-state index in [2.05, 4.69) is 47.4 Å². The van der Waals surface area contributed by atoms with Crippen LogP contribution in [0.5, 0.6) is 23.0 Å². The number of hydrogen-bond acceptors (Lipinski definition) is 8. The smallest absolute Gasteiger partial charge is 0.188 e. The van der Waals surface area contributed by atoms with Crippen molar-refractivity contribution in [2.45, 2.75) is 89.6 Å². The van der Waals surface area contributed by atoms with Crippen molar-refractivity contribution in [1.29, 1.82) is 0 Å². The number of phenols is 1. The zero-order valence-electron chi connectivity index (χ0n) is 28.9. The first-order valence-electron chi connectivity index (χ1n) is 17.4. The maximum Gasteiger partial charge on any atom is 0.188 e. The summed E-state index contributed by atoms with van der Waals surface area (Å²) in [6.07, 6.45) is 4.72. The van der Waals surface area contributed by atoms with E-state index in [0.29, 0.717) is 74.6 Å². The Kier molecular flexibility index (Phi) is 12.1. The molecule has 0 saturated carbocycles. The van der Waals surface area contributed by atoms with E-state index >= 15 is 0 Å². The standard InChI is InChI=1S/C38H52N4O6/c1-23(2)20-42-38(39)41-16-15-27-21-47-37-34-30(27)9-5-7-25-17-29(44)19-28(43)13-11-24-12-14-33(45)36(46-4)31(24)10-6-8-26(18-32(25)34)35(37)48-22-40-3/h12,14,18,23,25,27,29-30,40,44-45H,5,7-9,11,13,15-17,19-22H2,1-4H3,(H3,39,41,42). The number of nitrogens with two attached hydrogens (primary N) is 1. The number of hydrogen-bond donors (Lipinski definition) is 5. The van der Waals surface area contributed by atoms with Gasteiger partial charge in [0.05, 0.1) is 25.4 Å². The van der Waals surface area contributed by atoms with Gasteiger partial charge in [-0.2, -0.15) is 0 Å². The minimum atomic E-state index is -0.758. The number of phenolic OH excluding ortho intramolecular Hbond substituents is 1. The Morgan fingerprint density at radius 3 is 2.81 bits per heavy atom. The quantitative estimate of drug-likeness (QED) is 0.113. The first-order chi connectivity index (χ1) is 23.2. The SMILES string of the molecule is CNCOc1c2cc3c4c1OCC(CCNC(N)=NCC(C)C)C4CCCC3CC(O)CC(=O)CCc1ccc(O)c(OC)c1C#CC2. The highest BCUT2D eigenvalue weighted by atomic mass is 16.5. The van der Waals surface area contributed by atoms with Crippen molar-refractivity contribution in [2.75, 3.05) is 40.6 Å². The molecule has 2 aliphatic carbocycles. The molecule has 0 amide bonds. The van der Waals surface area contributed by atoms with Crippen molar-refractivity contribution in [1.82, 2.24) is 10.6 Å². The number of carbonyl (C=O) groups excluding carboxylic acids is 1. The molecule has 2 bridgehead atoms.